The van der Waals surface area contributed by atoms with Crippen LogP contribution < -0.4 is 15.7 Å². The number of nitrogens with one attached hydrogen (secondary N) is 1. The molecule has 0 spiro atoms. The fraction of sp³-hybridized carbons (Fsp3) is 0.115. The van der Waals surface area contributed by atoms with Crippen LogP contribution >= 0.6 is 15.9 Å². The van der Waals surface area contributed by atoms with E-state index in [1.54, 1.807) is 19.1 Å². The molecule has 0 aliphatic rings. The number of fused-ring (bicyclic) bond motifs is 2. The zero-order valence-corrected chi connectivity index (χ0v) is 20.2. The number of halogens is 1. The molecular formula is C26H20BrN3O5. The lowest BCUT2D eigenvalue weighted by Gasteiger charge is -2.12. The highest BCUT2D eigenvalue weighted by atomic mass is 79.9. The van der Waals surface area contributed by atoms with E-state index in [2.05, 4.69) is 21.2 Å². The standard InChI is InChI=1S/C26H20BrN3O5/c1-15-19-13-20-21(14-22(19)35-25(33)23(15)24(31)32)30(10-11-34-18-8-3-2-4-9-18)26(29-20)28-17-7-5-6-16(27)12-17/h2-9,12-14H,10-11H2,1H3,(H,28,29)(H,31,32). The molecule has 0 amide bonds. The highest BCUT2D eigenvalue weighted by Gasteiger charge is 2.20. The lowest BCUT2D eigenvalue weighted by Crippen LogP contribution is -2.16. The first-order valence-corrected chi connectivity index (χ1v) is 11.6. The van der Waals surface area contributed by atoms with Crippen molar-refractivity contribution in [2.75, 3.05) is 11.9 Å². The smallest absolute Gasteiger partial charge is 0.351 e. The number of imidazole rings is 1. The summed E-state index contributed by atoms with van der Waals surface area (Å²) >= 11 is 3.48. The number of para-hydroxylation sites is 1. The van der Waals surface area contributed by atoms with Crippen LogP contribution in [-0.2, 0) is 6.54 Å². The summed E-state index contributed by atoms with van der Waals surface area (Å²) in [5.41, 5.74) is 1.56. The second-order valence-corrected chi connectivity index (χ2v) is 8.83. The predicted molar refractivity (Wildman–Crippen MR) is 137 cm³/mol. The van der Waals surface area contributed by atoms with E-state index in [9.17, 15) is 14.7 Å². The summed E-state index contributed by atoms with van der Waals surface area (Å²) in [7, 11) is 0. The molecule has 176 valence electrons. The second-order valence-electron chi connectivity index (χ2n) is 7.92. The molecule has 0 aliphatic heterocycles. The first-order valence-electron chi connectivity index (χ1n) is 10.8. The lowest BCUT2D eigenvalue weighted by molar-refractivity contribution is 0.0691. The van der Waals surface area contributed by atoms with Gasteiger partial charge < -0.3 is 24.1 Å². The van der Waals surface area contributed by atoms with E-state index in [0.717, 1.165) is 21.4 Å². The van der Waals surface area contributed by atoms with Crippen LogP contribution in [0.4, 0.5) is 11.6 Å². The van der Waals surface area contributed by atoms with Crippen molar-refractivity contribution in [3.63, 3.8) is 0 Å². The van der Waals surface area contributed by atoms with E-state index in [1.807, 2.05) is 59.2 Å². The van der Waals surface area contributed by atoms with E-state index in [-0.39, 0.29) is 5.56 Å². The number of benzene rings is 3. The number of carboxylic acid groups (broad SMARTS) is 1. The zero-order chi connectivity index (χ0) is 24.5. The van der Waals surface area contributed by atoms with Gasteiger partial charge in [-0.15, -0.1) is 0 Å². The van der Waals surface area contributed by atoms with Gasteiger partial charge in [0.25, 0.3) is 0 Å². The van der Waals surface area contributed by atoms with Gasteiger partial charge in [-0.2, -0.15) is 0 Å². The molecule has 0 saturated heterocycles. The topological polar surface area (TPSA) is 107 Å². The Morgan fingerprint density at radius 3 is 2.69 bits per heavy atom. The van der Waals surface area contributed by atoms with Gasteiger partial charge in [-0.3, -0.25) is 0 Å². The highest BCUT2D eigenvalue weighted by molar-refractivity contribution is 9.10. The number of rotatable bonds is 7. The Morgan fingerprint density at radius 2 is 1.94 bits per heavy atom. The van der Waals surface area contributed by atoms with Crippen molar-refractivity contribution in [2.45, 2.75) is 13.5 Å². The Labute approximate surface area is 207 Å². The van der Waals surface area contributed by atoms with E-state index >= 15 is 0 Å². The summed E-state index contributed by atoms with van der Waals surface area (Å²) in [5, 5.41) is 13.3. The van der Waals surface area contributed by atoms with Crippen LogP contribution in [0.25, 0.3) is 22.0 Å². The van der Waals surface area contributed by atoms with E-state index in [4.69, 9.17) is 14.1 Å². The average Bonchev–Trinajstić information content (AvgIpc) is 3.14. The molecule has 2 heterocycles. The van der Waals surface area contributed by atoms with Gasteiger partial charge in [0.1, 0.15) is 23.5 Å². The number of aromatic carboxylic acids is 1. The normalized spacial score (nSPS) is 11.1. The molecule has 2 N–H and O–H groups in total. The molecule has 35 heavy (non-hydrogen) atoms. The van der Waals surface area contributed by atoms with Crippen molar-refractivity contribution in [3.05, 3.63) is 92.7 Å². The molecule has 0 saturated carbocycles. The number of nitrogens with zero attached hydrogens (tertiary/aromatic N) is 2. The fourth-order valence-corrected chi connectivity index (χ4v) is 4.40. The molecule has 0 fully saturated rings. The Balaban J connectivity index is 1.61. The van der Waals surface area contributed by atoms with Crippen molar-refractivity contribution in [1.82, 2.24) is 9.55 Å². The molecular weight excluding hydrogens is 514 g/mol. The first kappa shape index (κ1) is 22.7. The molecule has 0 bridgehead atoms. The minimum atomic E-state index is -1.32. The summed E-state index contributed by atoms with van der Waals surface area (Å²) in [6, 6.07) is 20.7. The van der Waals surface area contributed by atoms with Crippen LogP contribution in [0.1, 0.15) is 15.9 Å². The molecule has 8 nitrogen and oxygen atoms in total. The molecule has 3 aromatic carbocycles. The van der Waals surface area contributed by atoms with E-state index in [0.29, 0.717) is 41.1 Å². The van der Waals surface area contributed by atoms with Crippen LogP contribution in [0.3, 0.4) is 0 Å². The van der Waals surface area contributed by atoms with Crippen LogP contribution in [-0.4, -0.2) is 27.2 Å². The molecule has 2 aromatic heterocycles. The number of anilines is 2. The summed E-state index contributed by atoms with van der Waals surface area (Å²) in [5.74, 6) is 0.00839. The average molecular weight is 534 g/mol. The van der Waals surface area contributed by atoms with Gasteiger partial charge >= 0.3 is 11.6 Å². The third-order valence-electron chi connectivity index (χ3n) is 5.66. The van der Waals surface area contributed by atoms with Crippen molar-refractivity contribution >= 4 is 55.5 Å². The molecule has 0 aliphatic carbocycles. The van der Waals surface area contributed by atoms with Gasteiger partial charge in [0, 0.05) is 21.6 Å². The summed E-state index contributed by atoms with van der Waals surface area (Å²) in [4.78, 5) is 28.6. The van der Waals surface area contributed by atoms with Crippen molar-refractivity contribution in [1.29, 1.82) is 0 Å². The Bertz CT molecular complexity index is 1630. The third kappa shape index (κ3) is 4.50. The molecule has 5 aromatic rings. The molecule has 0 radical (unpaired) electrons. The Morgan fingerprint density at radius 1 is 1.14 bits per heavy atom. The van der Waals surface area contributed by atoms with Crippen LogP contribution in [0.2, 0.25) is 0 Å². The molecule has 9 heteroatoms. The number of aryl methyl sites for hydroxylation is 1. The summed E-state index contributed by atoms with van der Waals surface area (Å²) in [6.07, 6.45) is 0. The maximum Gasteiger partial charge on any atom is 0.351 e. The molecule has 5 rings (SSSR count). The van der Waals surface area contributed by atoms with Crippen LogP contribution in [0, 0.1) is 6.92 Å². The Hall–Kier alpha value is -4.11. The van der Waals surface area contributed by atoms with Crippen molar-refractivity contribution in [2.24, 2.45) is 0 Å². The van der Waals surface area contributed by atoms with E-state index < -0.39 is 11.6 Å². The SMILES string of the molecule is Cc1c(C(=O)O)c(=O)oc2cc3c(cc12)nc(Nc1cccc(Br)c1)n3CCOc1ccccc1. The largest absolute Gasteiger partial charge is 0.492 e. The number of aromatic nitrogens is 2. The number of carboxylic acids is 1. The monoisotopic (exact) mass is 533 g/mol. The van der Waals surface area contributed by atoms with Gasteiger partial charge in [-0.25, -0.2) is 14.6 Å². The van der Waals surface area contributed by atoms with E-state index in [1.165, 1.54) is 0 Å². The maximum atomic E-state index is 12.3. The third-order valence-corrected chi connectivity index (χ3v) is 6.15. The minimum Gasteiger partial charge on any atom is -0.492 e. The van der Waals surface area contributed by atoms with Crippen LogP contribution in [0.15, 0.2) is 80.4 Å². The highest BCUT2D eigenvalue weighted by Crippen LogP contribution is 2.30. The number of hydrogen-bond acceptors (Lipinski definition) is 6. The maximum absolute atomic E-state index is 12.3. The first-order chi connectivity index (χ1) is 16.9. The number of ether oxygens (including phenoxy) is 1. The fourth-order valence-electron chi connectivity index (χ4n) is 4.00. The predicted octanol–water partition coefficient (Wildman–Crippen LogP) is 5.73. The van der Waals surface area contributed by atoms with Gasteiger partial charge in [0.15, 0.2) is 0 Å². The van der Waals surface area contributed by atoms with Gasteiger partial charge in [-0.05, 0) is 48.9 Å². The van der Waals surface area contributed by atoms with Gasteiger partial charge in [0.05, 0.1) is 17.6 Å². The van der Waals surface area contributed by atoms with Crippen molar-refractivity contribution in [3.8, 4) is 5.75 Å². The number of carbonyl (C=O) groups is 1. The lowest BCUT2D eigenvalue weighted by atomic mass is 10.1. The van der Waals surface area contributed by atoms with Crippen molar-refractivity contribution < 1.29 is 19.1 Å². The van der Waals surface area contributed by atoms with Gasteiger partial charge in [-0.1, -0.05) is 40.2 Å². The summed E-state index contributed by atoms with van der Waals surface area (Å²) < 4.78 is 14.1. The quantitative estimate of drug-likeness (QED) is 0.257. The molecule has 0 unspecified atom stereocenters. The second kappa shape index (κ2) is 9.27. The zero-order valence-electron chi connectivity index (χ0n) is 18.6. The minimum absolute atomic E-state index is 0.295. The molecule has 0 atom stereocenters. The van der Waals surface area contributed by atoms with Gasteiger partial charge in [0.2, 0.25) is 5.95 Å². The Kier molecular flexibility index (Phi) is 6.00. The summed E-state index contributed by atoms with van der Waals surface area (Å²) in [6.45, 7) is 2.44. The number of hydrogen-bond donors (Lipinski definition) is 2. The van der Waals surface area contributed by atoms with Crippen LogP contribution in [0.5, 0.6) is 5.75 Å².